The largest absolute Gasteiger partial charge is 0.481 e. The molecular weight excluding hydrogens is 266 g/mol. The third-order valence-corrected chi connectivity index (χ3v) is 4.82. The minimum absolute atomic E-state index is 0.0266. The molecule has 0 amide bonds. The van der Waals surface area contributed by atoms with Crippen LogP contribution in [0.5, 0.6) is 0 Å². The molecule has 0 unspecified atom stereocenters. The summed E-state index contributed by atoms with van der Waals surface area (Å²) in [6, 6.07) is 5.99. The van der Waals surface area contributed by atoms with Crippen molar-refractivity contribution in [2.24, 2.45) is 5.92 Å². The highest BCUT2D eigenvalue weighted by Gasteiger charge is 2.29. The second-order valence-electron chi connectivity index (χ2n) is 5.11. The summed E-state index contributed by atoms with van der Waals surface area (Å²) in [5.74, 6) is -0.358. The number of aliphatic carboxylic acids is 1. The average molecular weight is 283 g/mol. The second kappa shape index (κ2) is 5.30. The average Bonchev–Trinajstić information content (AvgIpc) is 2.26. The van der Waals surface area contributed by atoms with Crippen molar-refractivity contribution in [2.75, 3.05) is 0 Å². The van der Waals surface area contributed by atoms with Gasteiger partial charge in [-0.05, 0) is 36.5 Å². The molecule has 0 heterocycles. The van der Waals surface area contributed by atoms with Crippen LogP contribution in [0.15, 0.2) is 29.2 Å². The van der Waals surface area contributed by atoms with Crippen LogP contribution in [0.3, 0.4) is 0 Å². The van der Waals surface area contributed by atoms with Gasteiger partial charge < -0.3 is 5.11 Å². The molecule has 0 saturated heterocycles. The summed E-state index contributed by atoms with van der Waals surface area (Å²) in [5.41, 5.74) is 0.587. The van der Waals surface area contributed by atoms with Crippen molar-refractivity contribution in [1.29, 1.82) is 0 Å². The smallest absolute Gasteiger partial charge is 0.307 e. The monoisotopic (exact) mass is 283 g/mol. The Hall–Kier alpha value is -1.40. The molecule has 2 N–H and O–H groups in total. The molecule has 0 spiro atoms. The Kier molecular flexibility index (Phi) is 3.91. The number of carboxylic acids is 1. The van der Waals surface area contributed by atoms with E-state index < -0.39 is 16.0 Å². The number of benzene rings is 1. The molecule has 19 heavy (non-hydrogen) atoms. The van der Waals surface area contributed by atoms with E-state index in [1.165, 1.54) is 24.3 Å². The fraction of sp³-hybridized carbons (Fsp3) is 0.462. The van der Waals surface area contributed by atoms with Crippen LogP contribution in [0.25, 0.3) is 0 Å². The van der Waals surface area contributed by atoms with Gasteiger partial charge in [0, 0.05) is 6.04 Å². The molecular formula is C13H17NO4S. The summed E-state index contributed by atoms with van der Waals surface area (Å²) < 4.78 is 26.8. The summed E-state index contributed by atoms with van der Waals surface area (Å²) >= 11 is 0. The number of carbonyl (C=O) groups is 1. The Morgan fingerprint density at radius 3 is 2.37 bits per heavy atom. The van der Waals surface area contributed by atoms with Crippen LogP contribution in [0, 0.1) is 5.92 Å². The van der Waals surface area contributed by atoms with Crippen molar-refractivity contribution in [3.63, 3.8) is 0 Å². The predicted octanol–water partition coefficient (Wildman–Crippen LogP) is 1.39. The molecule has 0 radical (unpaired) electrons. The van der Waals surface area contributed by atoms with Gasteiger partial charge in [0.2, 0.25) is 10.0 Å². The van der Waals surface area contributed by atoms with Crippen LogP contribution in [-0.4, -0.2) is 25.5 Å². The molecule has 0 aliphatic heterocycles. The van der Waals surface area contributed by atoms with E-state index in [1.807, 2.05) is 0 Å². The standard InChI is InChI=1S/C13H17NO4S/c1-9-6-11(7-9)14-19(17,18)12-4-2-10(3-5-12)8-13(15)16/h2-5,9,11,14H,6-8H2,1H3,(H,15,16). The normalized spacial score (nSPS) is 22.8. The van der Waals surface area contributed by atoms with Crippen LogP contribution >= 0.6 is 0 Å². The quantitative estimate of drug-likeness (QED) is 0.855. The van der Waals surface area contributed by atoms with E-state index in [-0.39, 0.29) is 17.4 Å². The van der Waals surface area contributed by atoms with E-state index in [9.17, 15) is 13.2 Å². The number of carboxylic acid groups (broad SMARTS) is 1. The van der Waals surface area contributed by atoms with Gasteiger partial charge in [-0.2, -0.15) is 0 Å². The van der Waals surface area contributed by atoms with E-state index in [1.54, 1.807) is 0 Å². The van der Waals surface area contributed by atoms with Crippen LogP contribution in [0.4, 0.5) is 0 Å². The Bertz CT molecular complexity index is 559. The molecule has 1 aromatic rings. The lowest BCUT2D eigenvalue weighted by molar-refractivity contribution is -0.136. The first-order chi connectivity index (χ1) is 8.87. The van der Waals surface area contributed by atoms with Gasteiger partial charge in [-0.1, -0.05) is 19.1 Å². The van der Waals surface area contributed by atoms with Crippen LogP contribution < -0.4 is 4.72 Å². The van der Waals surface area contributed by atoms with Crippen LogP contribution in [-0.2, 0) is 21.2 Å². The molecule has 1 aliphatic carbocycles. The molecule has 5 nitrogen and oxygen atoms in total. The highest BCUT2D eigenvalue weighted by molar-refractivity contribution is 7.89. The highest BCUT2D eigenvalue weighted by atomic mass is 32.2. The van der Waals surface area contributed by atoms with Crippen LogP contribution in [0.2, 0.25) is 0 Å². The van der Waals surface area contributed by atoms with Crippen molar-refractivity contribution in [3.05, 3.63) is 29.8 Å². The minimum Gasteiger partial charge on any atom is -0.481 e. The molecule has 1 fully saturated rings. The van der Waals surface area contributed by atoms with Gasteiger partial charge in [0.15, 0.2) is 0 Å². The van der Waals surface area contributed by atoms with E-state index in [4.69, 9.17) is 5.11 Å². The Morgan fingerprint density at radius 2 is 1.89 bits per heavy atom. The SMILES string of the molecule is CC1CC(NS(=O)(=O)c2ccc(CC(=O)O)cc2)C1. The van der Waals surface area contributed by atoms with Gasteiger partial charge >= 0.3 is 5.97 Å². The summed E-state index contributed by atoms with van der Waals surface area (Å²) in [7, 11) is -3.49. The zero-order chi connectivity index (χ0) is 14.0. The fourth-order valence-corrected chi connectivity index (χ4v) is 3.51. The first-order valence-electron chi connectivity index (χ1n) is 6.20. The zero-order valence-electron chi connectivity index (χ0n) is 10.7. The fourth-order valence-electron chi connectivity index (χ4n) is 2.25. The molecule has 2 rings (SSSR count). The number of rotatable bonds is 5. The Balaban J connectivity index is 2.06. The van der Waals surface area contributed by atoms with E-state index in [2.05, 4.69) is 11.6 Å². The summed E-state index contributed by atoms with van der Waals surface area (Å²) in [4.78, 5) is 10.7. The summed E-state index contributed by atoms with van der Waals surface area (Å²) in [5, 5.41) is 8.65. The molecule has 0 atom stereocenters. The number of hydrogen-bond donors (Lipinski definition) is 2. The topological polar surface area (TPSA) is 83.5 Å². The molecule has 0 aromatic heterocycles. The molecule has 1 saturated carbocycles. The number of sulfonamides is 1. The Morgan fingerprint density at radius 1 is 1.32 bits per heavy atom. The maximum Gasteiger partial charge on any atom is 0.307 e. The second-order valence-corrected chi connectivity index (χ2v) is 6.82. The highest BCUT2D eigenvalue weighted by Crippen LogP contribution is 2.27. The third kappa shape index (κ3) is 3.54. The maximum atomic E-state index is 12.0. The van der Waals surface area contributed by atoms with Gasteiger partial charge in [-0.3, -0.25) is 4.79 Å². The number of hydrogen-bond acceptors (Lipinski definition) is 3. The molecule has 104 valence electrons. The first kappa shape index (κ1) is 14.0. The first-order valence-corrected chi connectivity index (χ1v) is 7.68. The van der Waals surface area contributed by atoms with Gasteiger partial charge in [-0.15, -0.1) is 0 Å². The lowest BCUT2D eigenvalue weighted by Crippen LogP contribution is -2.43. The molecule has 1 aliphatic rings. The molecule has 0 bridgehead atoms. The van der Waals surface area contributed by atoms with Crippen molar-refractivity contribution in [2.45, 2.75) is 37.1 Å². The van der Waals surface area contributed by atoms with E-state index in [0.29, 0.717) is 11.5 Å². The third-order valence-electron chi connectivity index (χ3n) is 3.28. The zero-order valence-corrected chi connectivity index (χ0v) is 11.5. The van der Waals surface area contributed by atoms with Crippen LogP contribution in [0.1, 0.15) is 25.3 Å². The Labute approximate surface area is 112 Å². The van der Waals surface area contributed by atoms with Gasteiger partial charge in [0.25, 0.3) is 0 Å². The summed E-state index contributed by atoms with van der Waals surface area (Å²) in [6.07, 6.45) is 1.64. The van der Waals surface area contributed by atoms with E-state index in [0.717, 1.165) is 12.8 Å². The van der Waals surface area contributed by atoms with Crippen molar-refractivity contribution in [3.8, 4) is 0 Å². The maximum absolute atomic E-state index is 12.0. The van der Waals surface area contributed by atoms with Gasteiger partial charge in [0.1, 0.15) is 0 Å². The van der Waals surface area contributed by atoms with Gasteiger partial charge in [0.05, 0.1) is 11.3 Å². The summed E-state index contributed by atoms with van der Waals surface area (Å²) in [6.45, 7) is 2.09. The van der Waals surface area contributed by atoms with Crippen molar-refractivity contribution < 1.29 is 18.3 Å². The van der Waals surface area contributed by atoms with Crippen molar-refractivity contribution in [1.82, 2.24) is 4.72 Å². The lowest BCUT2D eigenvalue weighted by atomic mass is 9.83. The lowest BCUT2D eigenvalue weighted by Gasteiger charge is -2.32. The minimum atomic E-state index is -3.49. The number of nitrogens with one attached hydrogen (secondary N) is 1. The molecule has 6 heteroatoms. The van der Waals surface area contributed by atoms with E-state index >= 15 is 0 Å². The predicted molar refractivity (Wildman–Crippen MR) is 70.3 cm³/mol. The van der Waals surface area contributed by atoms with Crippen molar-refractivity contribution >= 4 is 16.0 Å². The van der Waals surface area contributed by atoms with Gasteiger partial charge in [-0.25, -0.2) is 13.1 Å². The molecule has 1 aromatic carbocycles.